The number of carbonyl (C=O) groups is 1. The van der Waals surface area contributed by atoms with Crippen molar-refractivity contribution in [3.8, 4) is 0 Å². The molecule has 2 aromatic carbocycles. The summed E-state index contributed by atoms with van der Waals surface area (Å²) in [7, 11) is 1.62. The van der Waals surface area contributed by atoms with Crippen LogP contribution in [-0.2, 0) is 10.5 Å². The van der Waals surface area contributed by atoms with Gasteiger partial charge >= 0.3 is 0 Å². The van der Waals surface area contributed by atoms with Crippen LogP contribution in [0.4, 0.5) is 0 Å². The van der Waals surface area contributed by atoms with Crippen molar-refractivity contribution >= 4 is 17.7 Å². The summed E-state index contributed by atoms with van der Waals surface area (Å²) in [6.07, 6.45) is 0. The summed E-state index contributed by atoms with van der Waals surface area (Å²) in [5.74, 6) is 0.838. The van der Waals surface area contributed by atoms with E-state index in [9.17, 15) is 4.79 Å². The van der Waals surface area contributed by atoms with Crippen molar-refractivity contribution in [1.82, 2.24) is 5.32 Å². The molecule has 3 nitrogen and oxygen atoms in total. The summed E-state index contributed by atoms with van der Waals surface area (Å²) < 4.78 is 4.90. The molecule has 0 aliphatic carbocycles. The number of methoxy groups -OCH3 is 1. The lowest BCUT2D eigenvalue weighted by atomic mass is 10.1. The van der Waals surface area contributed by atoms with Crippen LogP contribution in [0.5, 0.6) is 0 Å². The fraction of sp³-hybridized carbons (Fsp3) is 0.235. The second-order valence-electron chi connectivity index (χ2n) is 4.55. The van der Waals surface area contributed by atoms with Crippen LogP contribution in [-0.4, -0.2) is 26.2 Å². The molecule has 0 saturated heterocycles. The number of amides is 1. The number of hydrogen-bond donors (Lipinski definition) is 1. The minimum absolute atomic E-state index is 0.0608. The van der Waals surface area contributed by atoms with Crippen LogP contribution in [0, 0.1) is 0 Å². The van der Waals surface area contributed by atoms with Gasteiger partial charge in [-0.1, -0.05) is 30.3 Å². The Hall–Kier alpha value is -1.78. The Balaban J connectivity index is 1.85. The topological polar surface area (TPSA) is 38.3 Å². The highest BCUT2D eigenvalue weighted by molar-refractivity contribution is 7.98. The summed E-state index contributed by atoms with van der Waals surface area (Å²) in [5, 5.41) is 2.81. The first-order valence-corrected chi connectivity index (χ1v) is 7.82. The Morgan fingerprint density at radius 1 is 1.10 bits per heavy atom. The maximum atomic E-state index is 11.8. The third-order valence-electron chi connectivity index (χ3n) is 2.96. The Bertz CT molecular complexity index is 555. The van der Waals surface area contributed by atoms with Crippen molar-refractivity contribution in [3.63, 3.8) is 0 Å². The monoisotopic (exact) mass is 301 g/mol. The number of nitrogens with one attached hydrogen (secondary N) is 1. The average molecular weight is 301 g/mol. The first kappa shape index (κ1) is 15.6. The van der Waals surface area contributed by atoms with E-state index in [1.807, 2.05) is 42.5 Å². The summed E-state index contributed by atoms with van der Waals surface area (Å²) in [5.41, 5.74) is 1.89. The molecule has 0 radical (unpaired) electrons. The molecule has 4 heteroatoms. The van der Waals surface area contributed by atoms with Gasteiger partial charge in [-0.05, 0) is 29.8 Å². The molecule has 0 atom stereocenters. The van der Waals surface area contributed by atoms with Gasteiger partial charge in [0.15, 0.2) is 0 Å². The molecule has 0 unspecified atom stereocenters. The second-order valence-corrected chi connectivity index (χ2v) is 5.60. The van der Waals surface area contributed by atoms with Crippen LogP contribution in [0.3, 0.4) is 0 Å². The average Bonchev–Trinajstić information content (AvgIpc) is 2.54. The molecule has 2 aromatic rings. The van der Waals surface area contributed by atoms with Gasteiger partial charge in [0.05, 0.1) is 6.61 Å². The molecule has 0 fully saturated rings. The standard InChI is InChI=1S/C17H19NO2S/c1-20-12-11-18-17(19)15-9-7-14(8-10-15)13-21-16-5-3-2-4-6-16/h2-10H,11-13H2,1H3,(H,18,19). The SMILES string of the molecule is COCCNC(=O)c1ccc(CSc2ccccc2)cc1. The zero-order valence-corrected chi connectivity index (χ0v) is 12.9. The highest BCUT2D eigenvalue weighted by Gasteiger charge is 2.04. The molecule has 0 saturated carbocycles. The van der Waals surface area contributed by atoms with Crippen molar-refractivity contribution in [2.45, 2.75) is 10.6 Å². The second kappa shape index (κ2) is 8.49. The van der Waals surface area contributed by atoms with Crippen LogP contribution in [0.2, 0.25) is 0 Å². The van der Waals surface area contributed by atoms with Gasteiger partial charge in [0.25, 0.3) is 5.91 Å². The van der Waals surface area contributed by atoms with Crippen molar-refractivity contribution in [2.24, 2.45) is 0 Å². The molecule has 0 aromatic heterocycles. The maximum Gasteiger partial charge on any atom is 0.251 e. The predicted octanol–water partition coefficient (Wildman–Crippen LogP) is 3.36. The Morgan fingerprint density at radius 2 is 1.81 bits per heavy atom. The van der Waals surface area contributed by atoms with Gasteiger partial charge in [-0.25, -0.2) is 0 Å². The van der Waals surface area contributed by atoms with E-state index in [2.05, 4.69) is 17.4 Å². The van der Waals surface area contributed by atoms with E-state index < -0.39 is 0 Å². The smallest absolute Gasteiger partial charge is 0.251 e. The first-order valence-electron chi connectivity index (χ1n) is 6.83. The first-order chi connectivity index (χ1) is 10.3. The van der Waals surface area contributed by atoms with Gasteiger partial charge in [-0.2, -0.15) is 0 Å². The quantitative estimate of drug-likeness (QED) is 0.629. The van der Waals surface area contributed by atoms with Crippen LogP contribution in [0.25, 0.3) is 0 Å². The molecule has 1 N–H and O–H groups in total. The zero-order chi connectivity index (χ0) is 14.9. The number of benzene rings is 2. The van der Waals surface area contributed by atoms with Crippen LogP contribution >= 0.6 is 11.8 Å². The number of thioether (sulfide) groups is 1. The molecule has 0 aliphatic heterocycles. The zero-order valence-electron chi connectivity index (χ0n) is 12.0. The third kappa shape index (κ3) is 5.25. The molecule has 21 heavy (non-hydrogen) atoms. The minimum atomic E-state index is -0.0608. The summed E-state index contributed by atoms with van der Waals surface area (Å²) in [6.45, 7) is 1.05. The number of hydrogen-bond acceptors (Lipinski definition) is 3. The maximum absolute atomic E-state index is 11.8. The van der Waals surface area contributed by atoms with E-state index in [4.69, 9.17) is 4.74 Å². The summed E-state index contributed by atoms with van der Waals surface area (Å²) >= 11 is 1.79. The van der Waals surface area contributed by atoms with Gasteiger partial charge in [0, 0.05) is 29.9 Å². The van der Waals surface area contributed by atoms with Crippen molar-refractivity contribution < 1.29 is 9.53 Å². The highest BCUT2D eigenvalue weighted by atomic mass is 32.2. The minimum Gasteiger partial charge on any atom is -0.383 e. The summed E-state index contributed by atoms with van der Waals surface area (Å²) in [4.78, 5) is 13.1. The largest absolute Gasteiger partial charge is 0.383 e. The molecular formula is C17H19NO2S. The van der Waals surface area contributed by atoms with Crippen molar-refractivity contribution in [2.75, 3.05) is 20.3 Å². The molecule has 0 spiro atoms. The molecule has 110 valence electrons. The van der Waals surface area contributed by atoms with Gasteiger partial charge < -0.3 is 10.1 Å². The lowest BCUT2D eigenvalue weighted by molar-refractivity contribution is 0.0937. The fourth-order valence-corrected chi connectivity index (χ4v) is 2.68. The van der Waals surface area contributed by atoms with Gasteiger partial charge in [0.1, 0.15) is 0 Å². The Kier molecular flexibility index (Phi) is 6.31. The number of carbonyl (C=O) groups excluding carboxylic acids is 1. The van der Waals surface area contributed by atoms with E-state index in [-0.39, 0.29) is 5.91 Å². The molecule has 2 rings (SSSR count). The number of ether oxygens (including phenoxy) is 1. The van der Waals surface area contributed by atoms with Crippen molar-refractivity contribution in [1.29, 1.82) is 0 Å². The lowest BCUT2D eigenvalue weighted by Crippen LogP contribution is -2.26. The molecule has 0 heterocycles. The predicted molar refractivity (Wildman–Crippen MR) is 86.7 cm³/mol. The highest BCUT2D eigenvalue weighted by Crippen LogP contribution is 2.22. The molecule has 1 amide bonds. The van der Waals surface area contributed by atoms with Gasteiger partial charge in [-0.15, -0.1) is 11.8 Å². The van der Waals surface area contributed by atoms with Crippen molar-refractivity contribution in [3.05, 3.63) is 65.7 Å². The van der Waals surface area contributed by atoms with E-state index in [1.54, 1.807) is 18.9 Å². The van der Waals surface area contributed by atoms with E-state index in [0.29, 0.717) is 18.7 Å². The fourth-order valence-electron chi connectivity index (χ4n) is 1.80. The van der Waals surface area contributed by atoms with E-state index in [1.165, 1.54) is 10.5 Å². The number of rotatable bonds is 7. The Labute approximate surface area is 129 Å². The normalized spacial score (nSPS) is 10.3. The Morgan fingerprint density at radius 3 is 2.48 bits per heavy atom. The van der Waals surface area contributed by atoms with Gasteiger partial charge in [0.2, 0.25) is 0 Å². The van der Waals surface area contributed by atoms with E-state index in [0.717, 1.165) is 5.75 Å². The van der Waals surface area contributed by atoms with Gasteiger partial charge in [-0.3, -0.25) is 4.79 Å². The molecule has 0 bridgehead atoms. The van der Waals surface area contributed by atoms with Crippen LogP contribution in [0.15, 0.2) is 59.5 Å². The third-order valence-corrected chi connectivity index (χ3v) is 4.04. The lowest BCUT2D eigenvalue weighted by Gasteiger charge is -2.06. The van der Waals surface area contributed by atoms with E-state index >= 15 is 0 Å². The van der Waals surface area contributed by atoms with Crippen LogP contribution < -0.4 is 5.32 Å². The molecular weight excluding hydrogens is 282 g/mol. The summed E-state index contributed by atoms with van der Waals surface area (Å²) in [6, 6.07) is 18.0. The van der Waals surface area contributed by atoms with Crippen LogP contribution in [0.1, 0.15) is 15.9 Å². The molecule has 0 aliphatic rings.